The predicted octanol–water partition coefficient (Wildman–Crippen LogP) is 2.81. The van der Waals surface area contributed by atoms with Crippen molar-refractivity contribution in [1.82, 2.24) is 9.78 Å². The second-order valence-corrected chi connectivity index (χ2v) is 4.07. The van der Waals surface area contributed by atoms with E-state index in [1.165, 1.54) is 11.1 Å². The highest BCUT2D eigenvalue weighted by atomic mass is 16.5. The Labute approximate surface area is 95.7 Å². The topological polar surface area (TPSA) is 27.1 Å². The highest BCUT2D eigenvalue weighted by Gasteiger charge is 2.08. The van der Waals surface area contributed by atoms with E-state index in [9.17, 15) is 0 Å². The fraction of sp³-hybridized carbons (Fsp3) is 0.308. The van der Waals surface area contributed by atoms with Crippen molar-refractivity contribution in [2.75, 3.05) is 7.11 Å². The smallest absolute Gasteiger partial charge is 0.119 e. The van der Waals surface area contributed by atoms with Gasteiger partial charge in [-0.05, 0) is 49.6 Å². The first-order valence-corrected chi connectivity index (χ1v) is 5.28. The Morgan fingerprint density at radius 3 is 2.19 bits per heavy atom. The van der Waals surface area contributed by atoms with Gasteiger partial charge in [-0.2, -0.15) is 5.10 Å². The molecule has 0 radical (unpaired) electrons. The van der Waals surface area contributed by atoms with Gasteiger partial charge in [-0.15, -0.1) is 0 Å². The van der Waals surface area contributed by atoms with Crippen LogP contribution in [-0.4, -0.2) is 16.9 Å². The SMILES string of the molecule is COc1cc(C)c(-n2cc(C)cn2)c(C)c1. The van der Waals surface area contributed by atoms with Crippen molar-refractivity contribution in [3.63, 3.8) is 0 Å². The van der Waals surface area contributed by atoms with Gasteiger partial charge >= 0.3 is 0 Å². The maximum absolute atomic E-state index is 5.24. The molecule has 3 nitrogen and oxygen atoms in total. The number of benzene rings is 1. The van der Waals surface area contributed by atoms with Crippen molar-refractivity contribution in [2.45, 2.75) is 20.8 Å². The minimum absolute atomic E-state index is 0.891. The zero-order valence-corrected chi connectivity index (χ0v) is 10.1. The molecule has 0 unspecified atom stereocenters. The lowest BCUT2D eigenvalue weighted by Crippen LogP contribution is -2.01. The molecule has 2 aromatic rings. The number of hydrogen-bond acceptors (Lipinski definition) is 2. The summed E-state index contributed by atoms with van der Waals surface area (Å²) >= 11 is 0. The Balaban J connectivity index is 2.57. The van der Waals surface area contributed by atoms with E-state index < -0.39 is 0 Å². The molecule has 0 spiro atoms. The summed E-state index contributed by atoms with van der Waals surface area (Å²) in [7, 11) is 1.69. The predicted molar refractivity (Wildman–Crippen MR) is 64.3 cm³/mol. The number of aryl methyl sites for hydroxylation is 3. The van der Waals surface area contributed by atoms with E-state index in [0.29, 0.717) is 0 Å². The van der Waals surface area contributed by atoms with Gasteiger partial charge in [0, 0.05) is 6.20 Å². The molecule has 1 aromatic carbocycles. The average molecular weight is 216 g/mol. The van der Waals surface area contributed by atoms with Crippen molar-refractivity contribution in [3.8, 4) is 11.4 Å². The number of nitrogens with zero attached hydrogens (tertiary/aromatic N) is 2. The quantitative estimate of drug-likeness (QED) is 0.771. The van der Waals surface area contributed by atoms with Crippen molar-refractivity contribution < 1.29 is 4.74 Å². The number of hydrogen-bond donors (Lipinski definition) is 0. The first-order valence-electron chi connectivity index (χ1n) is 5.28. The molecule has 0 N–H and O–H groups in total. The minimum atomic E-state index is 0.891. The van der Waals surface area contributed by atoms with Crippen LogP contribution < -0.4 is 4.74 Å². The van der Waals surface area contributed by atoms with Crippen LogP contribution in [-0.2, 0) is 0 Å². The van der Waals surface area contributed by atoms with Gasteiger partial charge in [-0.1, -0.05) is 0 Å². The van der Waals surface area contributed by atoms with E-state index in [1.54, 1.807) is 7.11 Å². The van der Waals surface area contributed by atoms with Gasteiger partial charge in [0.2, 0.25) is 0 Å². The van der Waals surface area contributed by atoms with Crippen LogP contribution in [0.15, 0.2) is 24.5 Å². The Kier molecular flexibility index (Phi) is 2.69. The summed E-state index contributed by atoms with van der Waals surface area (Å²) in [5, 5.41) is 4.34. The first-order chi connectivity index (χ1) is 7.61. The van der Waals surface area contributed by atoms with E-state index in [2.05, 4.69) is 18.9 Å². The van der Waals surface area contributed by atoms with E-state index in [0.717, 1.165) is 17.0 Å². The lowest BCUT2D eigenvalue weighted by atomic mass is 10.1. The molecule has 0 saturated heterocycles. The van der Waals surface area contributed by atoms with Gasteiger partial charge in [-0.3, -0.25) is 0 Å². The molecule has 3 heteroatoms. The van der Waals surface area contributed by atoms with Crippen LogP contribution in [0.2, 0.25) is 0 Å². The summed E-state index contributed by atoms with van der Waals surface area (Å²) < 4.78 is 7.16. The number of rotatable bonds is 2. The molecular formula is C13H16N2O. The molecule has 0 aliphatic heterocycles. The third kappa shape index (κ3) is 1.81. The third-order valence-electron chi connectivity index (χ3n) is 2.64. The molecular weight excluding hydrogens is 200 g/mol. The Morgan fingerprint density at radius 1 is 1.12 bits per heavy atom. The Morgan fingerprint density at radius 2 is 1.75 bits per heavy atom. The Bertz CT molecular complexity index is 491. The average Bonchev–Trinajstić information content (AvgIpc) is 2.63. The second kappa shape index (κ2) is 4.00. The molecule has 0 amide bonds. The highest BCUT2D eigenvalue weighted by Crippen LogP contribution is 2.24. The van der Waals surface area contributed by atoms with Crippen molar-refractivity contribution in [2.24, 2.45) is 0 Å². The monoisotopic (exact) mass is 216 g/mol. The molecule has 1 aromatic heterocycles. The molecule has 16 heavy (non-hydrogen) atoms. The van der Waals surface area contributed by atoms with Crippen molar-refractivity contribution in [1.29, 1.82) is 0 Å². The van der Waals surface area contributed by atoms with Gasteiger partial charge in [0.05, 0.1) is 19.0 Å². The van der Waals surface area contributed by atoms with Crippen LogP contribution in [0.3, 0.4) is 0 Å². The molecule has 84 valence electrons. The van der Waals surface area contributed by atoms with Crippen LogP contribution in [0, 0.1) is 20.8 Å². The lowest BCUT2D eigenvalue weighted by Gasteiger charge is -2.11. The zero-order valence-electron chi connectivity index (χ0n) is 10.1. The normalized spacial score (nSPS) is 10.5. The van der Waals surface area contributed by atoms with Crippen molar-refractivity contribution >= 4 is 0 Å². The second-order valence-electron chi connectivity index (χ2n) is 4.07. The van der Waals surface area contributed by atoms with Gasteiger partial charge in [0.25, 0.3) is 0 Å². The molecule has 0 fully saturated rings. The standard InChI is InChI=1S/C13H16N2O/c1-9-7-14-15(8-9)13-10(2)5-12(16-4)6-11(13)3/h5-8H,1-4H3. The molecule has 0 saturated carbocycles. The molecule has 2 rings (SSSR count). The number of methoxy groups -OCH3 is 1. The number of ether oxygens (including phenoxy) is 1. The fourth-order valence-electron chi connectivity index (χ4n) is 1.93. The molecule has 0 aliphatic rings. The van der Waals surface area contributed by atoms with Gasteiger partial charge < -0.3 is 4.74 Å². The summed E-state index contributed by atoms with van der Waals surface area (Å²) in [4.78, 5) is 0. The summed E-state index contributed by atoms with van der Waals surface area (Å²) in [5.74, 6) is 0.891. The van der Waals surface area contributed by atoms with Gasteiger partial charge in [0.1, 0.15) is 5.75 Å². The lowest BCUT2D eigenvalue weighted by molar-refractivity contribution is 0.414. The van der Waals surface area contributed by atoms with Gasteiger partial charge in [-0.25, -0.2) is 4.68 Å². The van der Waals surface area contributed by atoms with Crippen molar-refractivity contribution in [3.05, 3.63) is 41.2 Å². The minimum Gasteiger partial charge on any atom is -0.497 e. The van der Waals surface area contributed by atoms with Crippen LogP contribution in [0.4, 0.5) is 0 Å². The van der Waals surface area contributed by atoms with Crippen LogP contribution in [0.1, 0.15) is 16.7 Å². The maximum atomic E-state index is 5.24. The third-order valence-corrected chi connectivity index (χ3v) is 2.64. The summed E-state index contributed by atoms with van der Waals surface area (Å²) in [6, 6.07) is 4.05. The van der Waals surface area contributed by atoms with Crippen LogP contribution in [0.25, 0.3) is 5.69 Å². The summed E-state index contributed by atoms with van der Waals surface area (Å²) in [6.07, 6.45) is 3.89. The number of aromatic nitrogens is 2. The van der Waals surface area contributed by atoms with Crippen LogP contribution in [0.5, 0.6) is 5.75 Å². The molecule has 0 aliphatic carbocycles. The summed E-state index contributed by atoms with van der Waals surface area (Å²) in [6.45, 7) is 6.18. The first kappa shape index (κ1) is 10.7. The largest absolute Gasteiger partial charge is 0.497 e. The molecule has 0 atom stereocenters. The molecule has 0 bridgehead atoms. The van der Waals surface area contributed by atoms with Gasteiger partial charge in [0.15, 0.2) is 0 Å². The zero-order chi connectivity index (χ0) is 11.7. The van der Waals surface area contributed by atoms with E-state index in [-0.39, 0.29) is 0 Å². The van der Waals surface area contributed by atoms with Crippen LogP contribution >= 0.6 is 0 Å². The highest BCUT2D eigenvalue weighted by molar-refractivity contribution is 5.51. The fourth-order valence-corrected chi connectivity index (χ4v) is 1.93. The summed E-state index contributed by atoms with van der Waals surface area (Å²) in [5.41, 5.74) is 4.63. The van der Waals surface area contributed by atoms with E-state index in [4.69, 9.17) is 4.74 Å². The van der Waals surface area contributed by atoms with E-state index >= 15 is 0 Å². The van der Waals surface area contributed by atoms with E-state index in [1.807, 2.05) is 36.1 Å². The maximum Gasteiger partial charge on any atom is 0.119 e. The molecule has 1 heterocycles. The Hall–Kier alpha value is -1.77.